The molecule has 1 N–H and O–H groups in total. The highest BCUT2D eigenvalue weighted by Gasteiger charge is 2.16. The molecule has 0 aliphatic heterocycles. The number of rotatable bonds is 3. The zero-order valence-corrected chi connectivity index (χ0v) is 10.4. The number of carboxylic acids is 1. The van der Waals surface area contributed by atoms with Gasteiger partial charge in [0, 0.05) is 12.4 Å². The summed E-state index contributed by atoms with van der Waals surface area (Å²) in [6.07, 6.45) is 3.09. The number of hydrogen-bond donors (Lipinski definition) is 1. The maximum Gasteiger partial charge on any atom is 0.356 e. The maximum absolute atomic E-state index is 10.9. The van der Waals surface area contributed by atoms with Crippen LogP contribution in [0.3, 0.4) is 0 Å². The quantitative estimate of drug-likeness (QED) is 0.765. The molecule has 3 aromatic rings. The normalized spacial score (nSPS) is 10.7. The molecule has 20 heavy (non-hydrogen) atoms. The Morgan fingerprint density at radius 2 is 2.25 bits per heavy atom. The van der Waals surface area contributed by atoms with Crippen LogP contribution in [0.2, 0.25) is 0 Å². The summed E-state index contributed by atoms with van der Waals surface area (Å²) < 4.78 is 6.47. The van der Waals surface area contributed by atoms with Crippen LogP contribution in [0.4, 0.5) is 0 Å². The molecule has 0 spiro atoms. The minimum atomic E-state index is -1.10. The lowest BCUT2D eigenvalue weighted by atomic mass is 10.2. The van der Waals surface area contributed by atoms with Crippen LogP contribution in [0.15, 0.2) is 35.1 Å². The fraction of sp³-hybridized carbons (Fsp3) is 0.0833. The van der Waals surface area contributed by atoms with Gasteiger partial charge in [0.2, 0.25) is 0 Å². The van der Waals surface area contributed by atoms with Crippen LogP contribution in [0.25, 0.3) is 17.3 Å². The van der Waals surface area contributed by atoms with Crippen molar-refractivity contribution in [3.8, 4) is 17.3 Å². The molecule has 0 radical (unpaired) electrons. The van der Waals surface area contributed by atoms with Gasteiger partial charge in [0.25, 0.3) is 5.89 Å². The summed E-state index contributed by atoms with van der Waals surface area (Å²) in [5.74, 6) is 0.123. The van der Waals surface area contributed by atoms with Gasteiger partial charge in [0.15, 0.2) is 17.3 Å². The molecule has 0 unspecified atom stereocenters. The molecule has 0 aliphatic rings. The summed E-state index contributed by atoms with van der Waals surface area (Å²) in [5.41, 5.74) is 0.511. The van der Waals surface area contributed by atoms with Crippen LogP contribution in [-0.2, 0) is 0 Å². The van der Waals surface area contributed by atoms with E-state index in [1.807, 2.05) is 0 Å². The Morgan fingerprint density at radius 3 is 2.90 bits per heavy atom. The first-order valence-electron chi connectivity index (χ1n) is 5.70. The van der Waals surface area contributed by atoms with Gasteiger partial charge in [-0.3, -0.25) is 0 Å². The first-order valence-corrected chi connectivity index (χ1v) is 5.70. The Labute approximate surface area is 112 Å². The lowest BCUT2D eigenvalue weighted by Crippen LogP contribution is -2.04. The van der Waals surface area contributed by atoms with Gasteiger partial charge >= 0.3 is 5.97 Å². The minimum Gasteiger partial charge on any atom is -0.476 e. The lowest BCUT2D eigenvalue weighted by molar-refractivity contribution is 0.0690. The third-order valence-electron chi connectivity index (χ3n) is 2.57. The van der Waals surface area contributed by atoms with E-state index in [1.54, 1.807) is 25.3 Å². The molecule has 0 aliphatic carbocycles. The summed E-state index contributed by atoms with van der Waals surface area (Å²) in [7, 11) is 0. The maximum atomic E-state index is 10.9. The predicted octanol–water partition coefficient (Wildman–Crippen LogP) is 1.32. The SMILES string of the molecule is Cc1noc(-c2cccnc2-n2ccc(C(=O)O)n2)n1. The van der Waals surface area contributed by atoms with Gasteiger partial charge in [-0.05, 0) is 25.1 Å². The number of aromatic carboxylic acids is 1. The third kappa shape index (κ3) is 2.03. The van der Waals surface area contributed by atoms with Crippen LogP contribution in [0, 0.1) is 6.92 Å². The monoisotopic (exact) mass is 271 g/mol. The van der Waals surface area contributed by atoms with Crippen LogP contribution < -0.4 is 0 Å². The summed E-state index contributed by atoms with van der Waals surface area (Å²) >= 11 is 0. The second-order valence-electron chi connectivity index (χ2n) is 3.97. The van der Waals surface area contributed by atoms with E-state index < -0.39 is 5.97 Å². The van der Waals surface area contributed by atoms with Crippen molar-refractivity contribution < 1.29 is 14.4 Å². The van der Waals surface area contributed by atoms with Crippen molar-refractivity contribution in [2.24, 2.45) is 0 Å². The van der Waals surface area contributed by atoms with Gasteiger partial charge in [-0.15, -0.1) is 0 Å². The smallest absolute Gasteiger partial charge is 0.356 e. The molecule has 8 heteroatoms. The van der Waals surface area contributed by atoms with Crippen molar-refractivity contribution >= 4 is 5.97 Å². The van der Waals surface area contributed by atoms with Crippen molar-refractivity contribution in [3.05, 3.63) is 42.1 Å². The first kappa shape index (κ1) is 12.0. The second kappa shape index (κ2) is 4.57. The fourth-order valence-electron chi connectivity index (χ4n) is 1.71. The molecule has 100 valence electrons. The number of carbonyl (C=O) groups is 1. The number of carboxylic acid groups (broad SMARTS) is 1. The molecule has 3 heterocycles. The van der Waals surface area contributed by atoms with E-state index in [-0.39, 0.29) is 5.69 Å². The van der Waals surface area contributed by atoms with Crippen LogP contribution >= 0.6 is 0 Å². The Morgan fingerprint density at radius 1 is 1.40 bits per heavy atom. The van der Waals surface area contributed by atoms with Crippen molar-refractivity contribution in [1.29, 1.82) is 0 Å². The Bertz CT molecular complexity index is 777. The molecule has 0 saturated carbocycles. The Kier molecular flexibility index (Phi) is 2.75. The molecule has 0 amide bonds. The van der Waals surface area contributed by atoms with Crippen molar-refractivity contribution in [3.63, 3.8) is 0 Å². The Balaban J connectivity index is 2.11. The van der Waals surface area contributed by atoms with Gasteiger partial charge in [-0.2, -0.15) is 10.1 Å². The van der Waals surface area contributed by atoms with E-state index in [4.69, 9.17) is 9.63 Å². The van der Waals surface area contributed by atoms with E-state index in [2.05, 4.69) is 20.2 Å². The standard InChI is InChI=1S/C12H9N5O3/c1-7-14-11(20-16-7)8-3-2-5-13-10(8)17-6-4-9(15-17)12(18)19/h2-6H,1H3,(H,18,19). The zero-order chi connectivity index (χ0) is 14.1. The van der Waals surface area contributed by atoms with Gasteiger partial charge in [0.05, 0.1) is 5.56 Å². The molecule has 0 fully saturated rings. The first-order chi connectivity index (χ1) is 9.65. The largest absolute Gasteiger partial charge is 0.476 e. The number of hydrogen-bond acceptors (Lipinski definition) is 6. The summed E-state index contributed by atoms with van der Waals surface area (Å²) in [6, 6.07) is 4.86. The van der Waals surface area contributed by atoms with E-state index >= 15 is 0 Å². The number of aromatic nitrogens is 5. The third-order valence-corrected chi connectivity index (χ3v) is 2.57. The van der Waals surface area contributed by atoms with Crippen LogP contribution in [0.1, 0.15) is 16.3 Å². The van der Waals surface area contributed by atoms with Gasteiger partial charge in [-0.25, -0.2) is 14.5 Å². The number of nitrogens with zero attached hydrogens (tertiary/aromatic N) is 5. The van der Waals surface area contributed by atoms with E-state index in [1.165, 1.54) is 16.9 Å². The van der Waals surface area contributed by atoms with Crippen LogP contribution in [0.5, 0.6) is 0 Å². The average molecular weight is 271 g/mol. The lowest BCUT2D eigenvalue weighted by Gasteiger charge is -2.04. The topological polar surface area (TPSA) is 107 Å². The average Bonchev–Trinajstić information content (AvgIpc) is 3.07. The highest BCUT2D eigenvalue weighted by Crippen LogP contribution is 2.22. The molecule has 3 aromatic heterocycles. The van der Waals surface area contributed by atoms with E-state index in [0.717, 1.165) is 0 Å². The fourth-order valence-corrected chi connectivity index (χ4v) is 1.71. The van der Waals surface area contributed by atoms with Crippen LogP contribution in [-0.4, -0.2) is 36.0 Å². The van der Waals surface area contributed by atoms with Crippen molar-refractivity contribution in [2.75, 3.05) is 0 Å². The van der Waals surface area contributed by atoms with Crippen molar-refractivity contribution in [2.45, 2.75) is 6.92 Å². The van der Waals surface area contributed by atoms with Gasteiger partial charge in [0.1, 0.15) is 0 Å². The minimum absolute atomic E-state index is 0.0664. The molecule has 0 bridgehead atoms. The number of pyridine rings is 1. The molecule has 0 aromatic carbocycles. The molecule has 0 saturated heterocycles. The highest BCUT2D eigenvalue weighted by molar-refractivity contribution is 5.85. The number of aryl methyl sites for hydroxylation is 1. The zero-order valence-electron chi connectivity index (χ0n) is 10.4. The highest BCUT2D eigenvalue weighted by atomic mass is 16.5. The van der Waals surface area contributed by atoms with Crippen molar-refractivity contribution in [1.82, 2.24) is 24.9 Å². The molecule has 3 rings (SSSR count). The molecule has 0 atom stereocenters. The molecule has 8 nitrogen and oxygen atoms in total. The van der Waals surface area contributed by atoms with Gasteiger partial charge in [-0.1, -0.05) is 5.16 Å². The second-order valence-corrected chi connectivity index (χ2v) is 3.97. The summed E-state index contributed by atoms with van der Waals surface area (Å²) in [4.78, 5) is 19.2. The Hall–Kier alpha value is -3.03. The predicted molar refractivity (Wildman–Crippen MR) is 66.3 cm³/mol. The van der Waals surface area contributed by atoms with E-state index in [9.17, 15) is 4.79 Å². The van der Waals surface area contributed by atoms with E-state index in [0.29, 0.717) is 23.1 Å². The summed E-state index contributed by atoms with van der Waals surface area (Å²) in [5, 5.41) is 16.6. The van der Waals surface area contributed by atoms with Gasteiger partial charge < -0.3 is 9.63 Å². The molecular weight excluding hydrogens is 262 g/mol. The summed E-state index contributed by atoms with van der Waals surface area (Å²) in [6.45, 7) is 1.71. The molecular formula is C12H9N5O3.